The van der Waals surface area contributed by atoms with Gasteiger partial charge in [0.05, 0.1) is 19.1 Å². The monoisotopic (exact) mass is 475 g/mol. The molecule has 186 valence electrons. The fourth-order valence-electron chi connectivity index (χ4n) is 4.60. The lowest BCUT2D eigenvalue weighted by atomic mass is 9.75. The molecular formula is C24H33N3O7. The van der Waals surface area contributed by atoms with Gasteiger partial charge in [-0.15, -0.1) is 0 Å². The van der Waals surface area contributed by atoms with Crippen LogP contribution in [0.4, 0.5) is 4.79 Å². The van der Waals surface area contributed by atoms with Crippen LogP contribution in [0.5, 0.6) is 5.75 Å². The van der Waals surface area contributed by atoms with E-state index in [1.54, 1.807) is 48.1 Å². The van der Waals surface area contributed by atoms with Crippen molar-refractivity contribution in [2.45, 2.75) is 31.6 Å². The van der Waals surface area contributed by atoms with E-state index in [1.165, 1.54) is 12.0 Å². The second kappa shape index (κ2) is 11.3. The molecule has 0 spiro atoms. The highest BCUT2D eigenvalue weighted by atomic mass is 16.6. The minimum absolute atomic E-state index is 0.103. The molecule has 0 N–H and O–H groups in total. The maximum atomic E-state index is 13.7. The number of piperazine rings is 1. The number of nitrogens with zero attached hydrogens (tertiary/aromatic N) is 3. The van der Waals surface area contributed by atoms with Crippen molar-refractivity contribution in [3.05, 3.63) is 29.8 Å². The Labute approximate surface area is 199 Å². The van der Waals surface area contributed by atoms with Crippen LogP contribution in [0.1, 0.15) is 31.7 Å². The van der Waals surface area contributed by atoms with Gasteiger partial charge >= 0.3 is 6.09 Å². The number of carbonyl (C=O) groups is 4. The molecule has 10 heteroatoms. The van der Waals surface area contributed by atoms with E-state index in [2.05, 4.69) is 0 Å². The van der Waals surface area contributed by atoms with Crippen LogP contribution in [0.3, 0.4) is 0 Å². The Bertz CT molecular complexity index is 914. The van der Waals surface area contributed by atoms with E-state index >= 15 is 0 Å². The van der Waals surface area contributed by atoms with E-state index < -0.39 is 17.4 Å². The molecule has 1 aromatic carbocycles. The number of likely N-dealkylation sites (tertiary alicyclic amines) is 1. The maximum absolute atomic E-state index is 13.7. The van der Waals surface area contributed by atoms with E-state index in [-0.39, 0.29) is 37.8 Å². The van der Waals surface area contributed by atoms with Gasteiger partial charge in [-0.25, -0.2) is 4.79 Å². The molecule has 0 radical (unpaired) electrons. The van der Waals surface area contributed by atoms with Gasteiger partial charge in [0.15, 0.2) is 0 Å². The van der Waals surface area contributed by atoms with Crippen molar-refractivity contribution in [1.82, 2.24) is 14.7 Å². The van der Waals surface area contributed by atoms with Gasteiger partial charge in [0, 0.05) is 64.8 Å². The largest absolute Gasteiger partial charge is 0.496 e. The Morgan fingerprint density at radius 3 is 2.35 bits per heavy atom. The number of benzene rings is 1. The Morgan fingerprint density at radius 1 is 1.03 bits per heavy atom. The molecule has 2 aliphatic heterocycles. The number of hydrogen-bond acceptors (Lipinski definition) is 7. The summed E-state index contributed by atoms with van der Waals surface area (Å²) in [6.45, 7) is 4.05. The summed E-state index contributed by atoms with van der Waals surface area (Å²) in [6, 6.07) is 7.03. The highest BCUT2D eigenvalue weighted by Gasteiger charge is 2.55. The van der Waals surface area contributed by atoms with Gasteiger partial charge in [0.25, 0.3) is 0 Å². The number of carbonyl (C=O) groups excluding carboxylic acids is 4. The molecule has 0 aliphatic carbocycles. The van der Waals surface area contributed by atoms with Gasteiger partial charge in [-0.05, 0) is 19.4 Å². The maximum Gasteiger partial charge on any atom is 0.409 e. The molecule has 0 bridgehead atoms. The number of para-hydroxylation sites is 1. The molecule has 1 aromatic rings. The van der Waals surface area contributed by atoms with E-state index in [9.17, 15) is 19.2 Å². The zero-order chi connectivity index (χ0) is 24.7. The van der Waals surface area contributed by atoms with Crippen LogP contribution < -0.4 is 4.74 Å². The normalized spacial score (nSPS) is 20.6. The van der Waals surface area contributed by atoms with Crippen molar-refractivity contribution in [3.8, 4) is 5.75 Å². The first-order valence-corrected chi connectivity index (χ1v) is 11.5. The van der Waals surface area contributed by atoms with Gasteiger partial charge in [0.1, 0.15) is 5.75 Å². The predicted molar refractivity (Wildman–Crippen MR) is 122 cm³/mol. The molecule has 2 aliphatic rings. The third-order valence-corrected chi connectivity index (χ3v) is 6.37. The van der Waals surface area contributed by atoms with Crippen molar-refractivity contribution in [3.63, 3.8) is 0 Å². The summed E-state index contributed by atoms with van der Waals surface area (Å²) >= 11 is 0. The first-order chi connectivity index (χ1) is 16.4. The van der Waals surface area contributed by atoms with Crippen molar-refractivity contribution in [1.29, 1.82) is 0 Å². The summed E-state index contributed by atoms with van der Waals surface area (Å²) < 4.78 is 15.6. The summed E-state index contributed by atoms with van der Waals surface area (Å²) in [4.78, 5) is 56.5. The molecule has 34 heavy (non-hydrogen) atoms. The third kappa shape index (κ3) is 5.16. The summed E-state index contributed by atoms with van der Waals surface area (Å²) in [5, 5.41) is 0. The van der Waals surface area contributed by atoms with E-state index in [0.29, 0.717) is 50.5 Å². The summed E-state index contributed by atoms with van der Waals surface area (Å²) in [5.74, 6) is -0.486. The number of hydrogen-bond donors (Lipinski definition) is 0. The van der Waals surface area contributed by atoms with Crippen LogP contribution in [-0.2, 0) is 29.3 Å². The summed E-state index contributed by atoms with van der Waals surface area (Å²) in [7, 11) is 3.06. The molecule has 2 fully saturated rings. The van der Waals surface area contributed by atoms with E-state index in [1.807, 2.05) is 0 Å². The average Bonchev–Trinajstić information content (AvgIpc) is 3.09. The lowest BCUT2D eigenvalue weighted by Gasteiger charge is -2.36. The quantitative estimate of drug-likeness (QED) is 0.393. The molecule has 0 aromatic heterocycles. The van der Waals surface area contributed by atoms with Gasteiger partial charge in [-0.3, -0.25) is 19.3 Å². The highest BCUT2D eigenvalue weighted by molar-refractivity contribution is 6.11. The van der Waals surface area contributed by atoms with Crippen molar-refractivity contribution < 1.29 is 33.4 Å². The Morgan fingerprint density at radius 2 is 1.71 bits per heavy atom. The van der Waals surface area contributed by atoms with E-state index in [0.717, 1.165) is 0 Å². The van der Waals surface area contributed by atoms with Crippen LogP contribution in [0, 0.1) is 0 Å². The van der Waals surface area contributed by atoms with Crippen molar-refractivity contribution in [2.24, 2.45) is 0 Å². The second-order valence-corrected chi connectivity index (χ2v) is 8.40. The van der Waals surface area contributed by atoms with Crippen LogP contribution in [0.15, 0.2) is 24.3 Å². The molecule has 2 saturated heterocycles. The number of methoxy groups -OCH3 is 2. The summed E-state index contributed by atoms with van der Waals surface area (Å²) in [5.41, 5.74) is -0.810. The van der Waals surface area contributed by atoms with Crippen LogP contribution >= 0.6 is 0 Å². The molecular weight excluding hydrogens is 442 g/mol. The number of amides is 4. The summed E-state index contributed by atoms with van der Waals surface area (Å²) in [6.07, 6.45) is -0.144. The lowest BCUT2D eigenvalue weighted by Crippen LogP contribution is -2.52. The predicted octanol–water partition coefficient (Wildman–Crippen LogP) is 1.42. The third-order valence-electron chi connectivity index (χ3n) is 6.37. The topological polar surface area (TPSA) is 106 Å². The van der Waals surface area contributed by atoms with Crippen LogP contribution in [0.25, 0.3) is 0 Å². The fourth-order valence-corrected chi connectivity index (χ4v) is 4.60. The Kier molecular flexibility index (Phi) is 8.49. The molecule has 10 nitrogen and oxygen atoms in total. The number of ether oxygens (including phenoxy) is 3. The number of imide groups is 1. The van der Waals surface area contributed by atoms with E-state index in [4.69, 9.17) is 14.2 Å². The van der Waals surface area contributed by atoms with Crippen LogP contribution in [-0.4, -0.2) is 98.7 Å². The van der Waals surface area contributed by atoms with Gasteiger partial charge in [-0.1, -0.05) is 18.2 Å². The van der Waals surface area contributed by atoms with Crippen molar-refractivity contribution >= 4 is 23.8 Å². The standard InChI is InChI=1S/C24H33N3O7/c1-4-34-23(31)26-13-11-25(12-14-26)20(28)16-24(18-8-5-6-9-19(18)33-3)17-21(29)27(22(24)30)10-7-15-32-2/h5-6,8-9H,4,7,10-17H2,1-3H3. The molecule has 3 rings (SSSR count). The first kappa shape index (κ1) is 25.5. The Hall–Kier alpha value is -3.14. The fraction of sp³-hybridized carbons (Fsp3) is 0.583. The van der Waals surface area contributed by atoms with Gasteiger partial charge < -0.3 is 24.0 Å². The second-order valence-electron chi connectivity index (χ2n) is 8.40. The van der Waals surface area contributed by atoms with Crippen molar-refractivity contribution in [2.75, 3.05) is 60.2 Å². The lowest BCUT2D eigenvalue weighted by molar-refractivity contribution is -0.143. The molecule has 1 unspecified atom stereocenters. The smallest absolute Gasteiger partial charge is 0.409 e. The molecule has 0 saturated carbocycles. The molecule has 2 heterocycles. The van der Waals surface area contributed by atoms with Gasteiger partial charge in [0.2, 0.25) is 17.7 Å². The molecule has 1 atom stereocenters. The first-order valence-electron chi connectivity index (χ1n) is 11.5. The Balaban J connectivity index is 1.83. The minimum Gasteiger partial charge on any atom is -0.496 e. The minimum atomic E-state index is -1.34. The zero-order valence-electron chi connectivity index (χ0n) is 20.1. The zero-order valence-corrected chi connectivity index (χ0v) is 20.1. The van der Waals surface area contributed by atoms with Gasteiger partial charge in [-0.2, -0.15) is 0 Å². The molecule has 4 amide bonds. The van der Waals surface area contributed by atoms with Crippen LogP contribution in [0.2, 0.25) is 0 Å². The average molecular weight is 476 g/mol. The SMILES string of the molecule is CCOC(=O)N1CCN(C(=O)CC2(c3ccccc3OC)CC(=O)N(CCCOC)C2=O)CC1. The highest BCUT2D eigenvalue weighted by Crippen LogP contribution is 2.44. The number of rotatable bonds is 9.